The summed E-state index contributed by atoms with van der Waals surface area (Å²) in [6.45, 7) is 10.8. The number of nitrogens with zero attached hydrogens (tertiary/aromatic N) is 2. The molecule has 0 bridgehead atoms. The van der Waals surface area contributed by atoms with Gasteiger partial charge >= 0.3 is 0 Å². The van der Waals surface area contributed by atoms with Crippen LogP contribution in [0.15, 0.2) is 29.3 Å². The zero-order valence-electron chi connectivity index (χ0n) is 18.9. The van der Waals surface area contributed by atoms with Crippen molar-refractivity contribution in [1.29, 1.82) is 0 Å². The minimum Gasteiger partial charge on any atom is -0.357 e. The molecule has 1 amide bonds. The molecule has 1 aliphatic carbocycles. The lowest BCUT2D eigenvalue weighted by molar-refractivity contribution is 0.0773. The van der Waals surface area contributed by atoms with Gasteiger partial charge in [0.25, 0.3) is 5.91 Å². The van der Waals surface area contributed by atoms with E-state index in [2.05, 4.69) is 17.6 Å². The van der Waals surface area contributed by atoms with Crippen LogP contribution in [0, 0.1) is 0 Å². The van der Waals surface area contributed by atoms with Gasteiger partial charge in [0.05, 0.1) is 6.54 Å². The van der Waals surface area contributed by atoms with Crippen LogP contribution in [0.3, 0.4) is 0 Å². The minimum atomic E-state index is -0.729. The zero-order valence-corrected chi connectivity index (χ0v) is 19.8. The monoisotopic (exact) mass is 434 g/mol. The Morgan fingerprint density at radius 1 is 1.13 bits per heavy atom. The summed E-state index contributed by atoms with van der Waals surface area (Å²) in [6.07, 6.45) is 4.19. The van der Waals surface area contributed by atoms with Crippen LogP contribution >= 0.6 is 0 Å². The number of carbonyl (C=O) groups is 1. The molecule has 1 aromatic rings. The van der Waals surface area contributed by atoms with Gasteiger partial charge in [-0.15, -0.1) is 0 Å². The third-order valence-electron chi connectivity index (χ3n) is 5.64. The number of nitrogens with one attached hydrogen (secondary N) is 2. The van der Waals surface area contributed by atoms with Crippen LogP contribution in [-0.4, -0.2) is 57.7 Å². The molecule has 2 rings (SSSR count). The number of aliphatic imine (C=N–C) groups is 1. The lowest BCUT2D eigenvalue weighted by atomic mass is 9.95. The molecule has 2 N–H and O–H groups in total. The molecule has 1 aromatic carbocycles. The van der Waals surface area contributed by atoms with Crippen LogP contribution in [0.2, 0.25) is 0 Å². The summed E-state index contributed by atoms with van der Waals surface area (Å²) in [5.41, 5.74) is 1.78. The molecule has 0 aliphatic heterocycles. The van der Waals surface area contributed by atoms with Crippen molar-refractivity contribution in [2.75, 3.05) is 25.4 Å². The summed E-state index contributed by atoms with van der Waals surface area (Å²) in [6, 6.07) is 8.04. The second-order valence-electron chi connectivity index (χ2n) is 7.67. The van der Waals surface area contributed by atoms with E-state index in [1.54, 1.807) is 0 Å². The summed E-state index contributed by atoms with van der Waals surface area (Å²) < 4.78 is 12.2. The Bertz CT molecular complexity index is 716. The van der Waals surface area contributed by atoms with E-state index < -0.39 is 10.8 Å². The second-order valence-corrected chi connectivity index (χ2v) is 9.67. The van der Waals surface area contributed by atoms with E-state index >= 15 is 0 Å². The SMILES string of the molecule is CCNC(=NCc1ccc(C(=O)N(CC)CC)cc1)NC1CCCC(S(=O)CC)C1. The van der Waals surface area contributed by atoms with Crippen LogP contribution in [0.25, 0.3) is 0 Å². The minimum absolute atomic E-state index is 0.0707. The highest BCUT2D eigenvalue weighted by molar-refractivity contribution is 7.85. The highest BCUT2D eigenvalue weighted by Crippen LogP contribution is 2.23. The molecule has 0 heterocycles. The van der Waals surface area contributed by atoms with Gasteiger partial charge in [-0.25, -0.2) is 4.99 Å². The maximum Gasteiger partial charge on any atom is 0.253 e. The molecule has 1 aliphatic rings. The molecule has 3 atom stereocenters. The lowest BCUT2D eigenvalue weighted by Gasteiger charge is -2.30. The molecule has 168 valence electrons. The van der Waals surface area contributed by atoms with Gasteiger partial charge in [0.2, 0.25) is 0 Å². The van der Waals surface area contributed by atoms with Crippen LogP contribution in [0.1, 0.15) is 69.3 Å². The summed E-state index contributed by atoms with van der Waals surface area (Å²) in [5, 5.41) is 7.15. The Hall–Kier alpha value is -1.89. The van der Waals surface area contributed by atoms with E-state index in [4.69, 9.17) is 4.99 Å². The molecule has 6 nitrogen and oxygen atoms in total. The average Bonchev–Trinajstić information content (AvgIpc) is 2.78. The first-order chi connectivity index (χ1) is 14.5. The first-order valence-electron chi connectivity index (χ1n) is 11.3. The first kappa shape index (κ1) is 24.4. The van der Waals surface area contributed by atoms with Crippen molar-refractivity contribution in [3.63, 3.8) is 0 Å². The quantitative estimate of drug-likeness (QED) is 0.462. The molecule has 0 spiro atoms. The molecule has 1 saturated carbocycles. The maximum atomic E-state index is 12.4. The van der Waals surface area contributed by atoms with Crippen LogP contribution < -0.4 is 10.6 Å². The van der Waals surface area contributed by atoms with Crippen molar-refractivity contribution in [2.24, 2.45) is 4.99 Å². The first-order valence-corrected chi connectivity index (χ1v) is 12.7. The van der Waals surface area contributed by atoms with Crippen molar-refractivity contribution >= 4 is 22.7 Å². The molecule has 30 heavy (non-hydrogen) atoms. The molecule has 0 aromatic heterocycles. The number of amides is 1. The fourth-order valence-electron chi connectivity index (χ4n) is 3.88. The summed E-state index contributed by atoms with van der Waals surface area (Å²) in [7, 11) is -0.729. The highest BCUT2D eigenvalue weighted by atomic mass is 32.2. The van der Waals surface area contributed by atoms with Crippen molar-refractivity contribution < 1.29 is 9.00 Å². The standard InChI is InChI=1S/C23H38N4O2S/c1-5-24-23(26-20-10-9-11-21(16-20)30(29)8-4)25-17-18-12-14-19(15-13-18)22(28)27(6-2)7-3/h12-15,20-21H,5-11,16-17H2,1-4H3,(H2,24,25,26). The number of carbonyl (C=O) groups excluding carboxylic acids is 1. The van der Waals surface area contributed by atoms with Gasteiger partial charge in [0.1, 0.15) is 0 Å². The number of hydrogen-bond acceptors (Lipinski definition) is 3. The fraction of sp³-hybridized carbons (Fsp3) is 0.652. The second kappa shape index (κ2) is 12.7. The summed E-state index contributed by atoms with van der Waals surface area (Å²) in [4.78, 5) is 19.0. The van der Waals surface area contributed by atoms with Gasteiger partial charge in [-0.05, 0) is 57.7 Å². The number of rotatable bonds is 9. The fourth-order valence-corrected chi connectivity index (χ4v) is 5.23. The number of guanidine groups is 1. The van der Waals surface area contributed by atoms with E-state index in [9.17, 15) is 9.00 Å². The van der Waals surface area contributed by atoms with Crippen LogP contribution in [0.4, 0.5) is 0 Å². The van der Waals surface area contributed by atoms with Gasteiger partial charge < -0.3 is 15.5 Å². The third-order valence-corrected chi connectivity index (χ3v) is 7.38. The Labute approximate surface area is 184 Å². The Kier molecular flexibility index (Phi) is 10.3. The molecule has 1 fully saturated rings. The molecule has 7 heteroatoms. The van der Waals surface area contributed by atoms with E-state index in [-0.39, 0.29) is 5.91 Å². The molecule has 3 unspecified atom stereocenters. The van der Waals surface area contributed by atoms with Gasteiger partial charge in [0.15, 0.2) is 5.96 Å². The molecular weight excluding hydrogens is 396 g/mol. The Morgan fingerprint density at radius 2 is 1.83 bits per heavy atom. The van der Waals surface area contributed by atoms with E-state index in [0.717, 1.165) is 49.5 Å². The zero-order chi connectivity index (χ0) is 21.9. The normalized spacial score (nSPS) is 20.5. The van der Waals surface area contributed by atoms with Crippen LogP contribution in [0.5, 0.6) is 0 Å². The van der Waals surface area contributed by atoms with E-state index in [1.165, 1.54) is 0 Å². The van der Waals surface area contributed by atoms with Gasteiger partial charge in [-0.3, -0.25) is 9.00 Å². The number of benzene rings is 1. The van der Waals surface area contributed by atoms with Gasteiger partial charge in [0, 0.05) is 53.0 Å². The van der Waals surface area contributed by atoms with E-state index in [0.29, 0.717) is 36.5 Å². The maximum absolute atomic E-state index is 12.4. The number of hydrogen-bond donors (Lipinski definition) is 2. The largest absolute Gasteiger partial charge is 0.357 e. The van der Waals surface area contributed by atoms with Crippen LogP contribution in [-0.2, 0) is 17.3 Å². The topological polar surface area (TPSA) is 73.8 Å². The van der Waals surface area contributed by atoms with Crippen molar-refractivity contribution in [3.8, 4) is 0 Å². The van der Waals surface area contributed by atoms with Gasteiger partial charge in [-0.2, -0.15) is 0 Å². The predicted molar refractivity (Wildman–Crippen MR) is 126 cm³/mol. The average molecular weight is 435 g/mol. The van der Waals surface area contributed by atoms with Crippen molar-refractivity contribution in [1.82, 2.24) is 15.5 Å². The molecular formula is C23H38N4O2S. The smallest absolute Gasteiger partial charge is 0.253 e. The van der Waals surface area contributed by atoms with Gasteiger partial charge in [-0.1, -0.05) is 25.5 Å². The van der Waals surface area contributed by atoms with Crippen molar-refractivity contribution in [3.05, 3.63) is 35.4 Å². The highest BCUT2D eigenvalue weighted by Gasteiger charge is 2.26. The Morgan fingerprint density at radius 3 is 2.43 bits per heavy atom. The molecule has 0 saturated heterocycles. The van der Waals surface area contributed by atoms with Crippen molar-refractivity contribution in [2.45, 2.75) is 71.2 Å². The van der Waals surface area contributed by atoms with E-state index in [1.807, 2.05) is 49.9 Å². The third kappa shape index (κ3) is 7.11. The lowest BCUT2D eigenvalue weighted by Crippen LogP contribution is -2.46. The summed E-state index contributed by atoms with van der Waals surface area (Å²) in [5.74, 6) is 1.60. The predicted octanol–water partition coefficient (Wildman–Crippen LogP) is 3.30. The Balaban J connectivity index is 1.98. The summed E-state index contributed by atoms with van der Waals surface area (Å²) >= 11 is 0. The molecule has 0 radical (unpaired) electrons.